The molecule has 0 aromatic heterocycles. The first kappa shape index (κ1) is 64.3. The molecule has 0 heterocycles. The van der Waals surface area contributed by atoms with Crippen molar-refractivity contribution in [2.24, 2.45) is 0 Å². The van der Waals surface area contributed by atoms with Gasteiger partial charge in [0.05, 0.1) is 18.8 Å². The molecule has 0 bridgehead atoms. The molecule has 1 amide bonds. The van der Waals surface area contributed by atoms with E-state index in [9.17, 15) is 15.0 Å². The standard InChI is InChI=1S/C63H111NO3/c1-3-5-7-9-11-13-15-17-19-20-21-22-23-24-25-26-27-28-29-30-31-32-33-34-35-36-37-38-39-40-41-42-43-44-45-47-49-51-53-55-57-59-63(67)64-61(60-65)62(66)58-56-54-52-50-48-46-18-16-14-12-10-8-6-4-2/h5,7,11,13-14,16-17,19,21-22,24-25,48,50,56,58,61-62,65-66H,3-4,6,8-10,12,15,18,20,23,26-47,49,51-55,57,59-60H2,1-2H3,(H,64,67)/b7-5-,13-11-,16-14+,19-17-,22-21-,25-24-,50-48+,58-56+. The second kappa shape index (κ2) is 57.6. The zero-order valence-electron chi connectivity index (χ0n) is 44.4. The lowest BCUT2D eigenvalue weighted by Crippen LogP contribution is -2.45. The predicted molar refractivity (Wildman–Crippen MR) is 299 cm³/mol. The topological polar surface area (TPSA) is 69.6 Å². The molecule has 0 rings (SSSR count). The van der Waals surface area contributed by atoms with Gasteiger partial charge in [-0.25, -0.2) is 0 Å². The Balaban J connectivity index is 3.44. The van der Waals surface area contributed by atoms with E-state index in [-0.39, 0.29) is 12.5 Å². The Morgan fingerprint density at radius 2 is 0.672 bits per heavy atom. The monoisotopic (exact) mass is 930 g/mol. The average Bonchev–Trinajstić information content (AvgIpc) is 3.33. The van der Waals surface area contributed by atoms with Gasteiger partial charge in [-0.05, 0) is 89.9 Å². The minimum Gasteiger partial charge on any atom is -0.394 e. The van der Waals surface area contributed by atoms with Gasteiger partial charge in [0.2, 0.25) is 5.91 Å². The summed E-state index contributed by atoms with van der Waals surface area (Å²) < 4.78 is 0. The van der Waals surface area contributed by atoms with Gasteiger partial charge in [-0.15, -0.1) is 0 Å². The third-order valence-electron chi connectivity index (χ3n) is 12.8. The van der Waals surface area contributed by atoms with Crippen molar-refractivity contribution >= 4 is 5.91 Å². The number of allylic oxidation sites excluding steroid dienone is 15. The Labute approximate surface area is 417 Å². The minimum atomic E-state index is -0.871. The second-order valence-electron chi connectivity index (χ2n) is 19.3. The molecule has 0 radical (unpaired) electrons. The van der Waals surface area contributed by atoms with E-state index in [1.807, 2.05) is 6.08 Å². The van der Waals surface area contributed by atoms with E-state index in [1.54, 1.807) is 6.08 Å². The summed E-state index contributed by atoms with van der Waals surface area (Å²) in [6.07, 6.45) is 85.9. The SMILES string of the molecule is CC/C=C\C/C=C\C/C=C\C/C=C\C/C=C\CCCCCCCCCCCCCCCCCCCCCCCCCCCC(=O)NC(CO)C(O)/C=C/CC/C=C/CC/C=C/CCCCCC. The van der Waals surface area contributed by atoms with Gasteiger partial charge in [-0.3, -0.25) is 4.79 Å². The van der Waals surface area contributed by atoms with E-state index in [1.165, 1.54) is 186 Å². The summed E-state index contributed by atoms with van der Waals surface area (Å²) in [5.74, 6) is -0.0771. The lowest BCUT2D eigenvalue weighted by Gasteiger charge is -2.19. The number of hydrogen-bond acceptors (Lipinski definition) is 3. The summed E-state index contributed by atoms with van der Waals surface area (Å²) in [6, 6.07) is -0.647. The normalized spacial score (nSPS) is 13.6. The predicted octanol–water partition coefficient (Wildman–Crippen LogP) is 19.3. The fourth-order valence-corrected chi connectivity index (χ4v) is 8.42. The van der Waals surface area contributed by atoms with Crippen LogP contribution in [0.3, 0.4) is 0 Å². The molecule has 4 heteroatoms. The Bertz CT molecular complexity index is 1240. The molecule has 2 unspecified atom stereocenters. The van der Waals surface area contributed by atoms with E-state index < -0.39 is 12.1 Å². The Kier molecular flexibility index (Phi) is 55.3. The smallest absolute Gasteiger partial charge is 0.220 e. The molecule has 0 aromatic carbocycles. The number of hydrogen-bond donors (Lipinski definition) is 3. The van der Waals surface area contributed by atoms with Crippen LogP contribution >= 0.6 is 0 Å². The van der Waals surface area contributed by atoms with Crippen LogP contribution in [0.1, 0.15) is 277 Å². The summed E-state index contributed by atoms with van der Waals surface area (Å²) in [6.45, 7) is 4.16. The van der Waals surface area contributed by atoms with Crippen molar-refractivity contribution in [3.05, 3.63) is 97.2 Å². The van der Waals surface area contributed by atoms with Crippen LogP contribution in [0.4, 0.5) is 0 Å². The van der Waals surface area contributed by atoms with E-state index in [0.717, 1.165) is 70.6 Å². The lowest BCUT2D eigenvalue weighted by molar-refractivity contribution is -0.123. The van der Waals surface area contributed by atoms with Gasteiger partial charge in [-0.2, -0.15) is 0 Å². The molecular weight excluding hydrogens is 819 g/mol. The Hall–Kier alpha value is -2.69. The van der Waals surface area contributed by atoms with Gasteiger partial charge in [0.1, 0.15) is 0 Å². The van der Waals surface area contributed by atoms with Crippen LogP contribution in [0.5, 0.6) is 0 Å². The average molecular weight is 931 g/mol. The van der Waals surface area contributed by atoms with Crippen LogP contribution in [0.15, 0.2) is 97.2 Å². The minimum absolute atomic E-state index is 0.0771. The third kappa shape index (κ3) is 54.1. The molecule has 0 aliphatic rings. The molecule has 2 atom stereocenters. The first-order valence-electron chi connectivity index (χ1n) is 29.0. The van der Waals surface area contributed by atoms with E-state index >= 15 is 0 Å². The van der Waals surface area contributed by atoms with Gasteiger partial charge in [0.25, 0.3) is 0 Å². The molecule has 386 valence electrons. The summed E-state index contributed by atoms with van der Waals surface area (Å²) >= 11 is 0. The number of rotatable bonds is 52. The highest BCUT2D eigenvalue weighted by atomic mass is 16.3. The van der Waals surface area contributed by atoms with Crippen LogP contribution in [0.25, 0.3) is 0 Å². The Morgan fingerprint density at radius 3 is 1.04 bits per heavy atom. The molecule has 0 saturated carbocycles. The highest BCUT2D eigenvalue weighted by Crippen LogP contribution is 2.17. The maximum absolute atomic E-state index is 12.4. The van der Waals surface area contributed by atoms with Gasteiger partial charge in [0, 0.05) is 6.42 Å². The van der Waals surface area contributed by atoms with Crippen molar-refractivity contribution < 1.29 is 15.0 Å². The molecule has 0 aliphatic carbocycles. The molecule has 0 saturated heterocycles. The van der Waals surface area contributed by atoms with E-state index in [2.05, 4.69) is 104 Å². The van der Waals surface area contributed by atoms with Gasteiger partial charge in [0.15, 0.2) is 0 Å². The number of nitrogens with one attached hydrogen (secondary N) is 1. The van der Waals surface area contributed by atoms with Crippen LogP contribution in [-0.2, 0) is 4.79 Å². The van der Waals surface area contributed by atoms with Crippen molar-refractivity contribution in [3.8, 4) is 0 Å². The van der Waals surface area contributed by atoms with Gasteiger partial charge in [-0.1, -0.05) is 278 Å². The number of unbranched alkanes of at least 4 members (excludes halogenated alkanes) is 31. The van der Waals surface area contributed by atoms with Gasteiger partial charge < -0.3 is 15.5 Å². The second-order valence-corrected chi connectivity index (χ2v) is 19.3. The fraction of sp³-hybridized carbons (Fsp3) is 0.730. The molecule has 3 N–H and O–H groups in total. The number of carbonyl (C=O) groups excluding carboxylic acids is 1. The maximum Gasteiger partial charge on any atom is 0.220 e. The molecule has 0 aromatic rings. The number of aliphatic hydroxyl groups excluding tert-OH is 2. The van der Waals surface area contributed by atoms with Crippen molar-refractivity contribution in [2.75, 3.05) is 6.61 Å². The molecule has 0 aliphatic heterocycles. The molecule has 4 nitrogen and oxygen atoms in total. The molecule has 67 heavy (non-hydrogen) atoms. The number of carbonyl (C=O) groups is 1. The zero-order chi connectivity index (χ0) is 48.5. The Morgan fingerprint density at radius 1 is 0.373 bits per heavy atom. The van der Waals surface area contributed by atoms with Crippen molar-refractivity contribution in [2.45, 2.75) is 289 Å². The van der Waals surface area contributed by atoms with Crippen LogP contribution in [0, 0.1) is 0 Å². The van der Waals surface area contributed by atoms with E-state index in [0.29, 0.717) is 6.42 Å². The maximum atomic E-state index is 12.4. The fourth-order valence-electron chi connectivity index (χ4n) is 8.42. The quantitative estimate of drug-likeness (QED) is 0.0420. The van der Waals surface area contributed by atoms with E-state index in [4.69, 9.17) is 0 Å². The highest BCUT2D eigenvalue weighted by molar-refractivity contribution is 5.76. The van der Waals surface area contributed by atoms with Crippen LogP contribution in [-0.4, -0.2) is 34.9 Å². The van der Waals surface area contributed by atoms with Crippen LogP contribution in [0.2, 0.25) is 0 Å². The molecular formula is C63H111NO3. The first-order chi connectivity index (χ1) is 33.2. The highest BCUT2D eigenvalue weighted by Gasteiger charge is 2.18. The largest absolute Gasteiger partial charge is 0.394 e. The van der Waals surface area contributed by atoms with Crippen molar-refractivity contribution in [3.63, 3.8) is 0 Å². The summed E-state index contributed by atoms with van der Waals surface area (Å²) in [5, 5.41) is 23.0. The number of aliphatic hydroxyl groups is 2. The summed E-state index contributed by atoms with van der Waals surface area (Å²) in [4.78, 5) is 12.4. The van der Waals surface area contributed by atoms with Gasteiger partial charge >= 0.3 is 0 Å². The summed E-state index contributed by atoms with van der Waals surface area (Å²) in [7, 11) is 0. The first-order valence-corrected chi connectivity index (χ1v) is 29.0. The number of amides is 1. The third-order valence-corrected chi connectivity index (χ3v) is 12.8. The zero-order valence-corrected chi connectivity index (χ0v) is 44.4. The summed E-state index contributed by atoms with van der Waals surface area (Å²) in [5.41, 5.74) is 0. The van der Waals surface area contributed by atoms with Crippen molar-refractivity contribution in [1.82, 2.24) is 5.32 Å². The van der Waals surface area contributed by atoms with Crippen LogP contribution < -0.4 is 5.32 Å². The van der Waals surface area contributed by atoms with Crippen molar-refractivity contribution in [1.29, 1.82) is 0 Å². The lowest BCUT2D eigenvalue weighted by atomic mass is 10.0. The molecule has 0 fully saturated rings. The molecule has 0 spiro atoms.